The highest BCUT2D eigenvalue weighted by Gasteiger charge is 2.25. The van der Waals surface area contributed by atoms with E-state index in [1.54, 1.807) is 40.7 Å². The number of sulfonamides is 1. The van der Waals surface area contributed by atoms with Gasteiger partial charge in [0.1, 0.15) is 0 Å². The zero-order valence-corrected chi connectivity index (χ0v) is 19.8. The highest BCUT2D eigenvalue weighted by molar-refractivity contribution is 7.89. The lowest BCUT2D eigenvalue weighted by molar-refractivity contribution is -0.115. The molecule has 1 aliphatic heterocycles. The first-order valence-electron chi connectivity index (χ1n) is 10.5. The van der Waals surface area contributed by atoms with Gasteiger partial charge >= 0.3 is 0 Å². The number of carbonyl (C=O) groups excluding carboxylic acids is 1. The van der Waals surface area contributed by atoms with Gasteiger partial charge in [-0.15, -0.1) is 11.3 Å². The molecule has 3 aromatic rings. The van der Waals surface area contributed by atoms with Crippen LogP contribution in [0.5, 0.6) is 0 Å². The Morgan fingerprint density at radius 1 is 1.00 bits per heavy atom. The number of amides is 1. The number of halogens is 1. The number of anilines is 1. The molecule has 2 aromatic carbocycles. The first kappa shape index (κ1) is 22.9. The van der Waals surface area contributed by atoms with Gasteiger partial charge in [0.25, 0.3) is 0 Å². The van der Waals surface area contributed by atoms with Crippen molar-refractivity contribution in [2.24, 2.45) is 0 Å². The normalized spacial score (nSPS) is 15.3. The van der Waals surface area contributed by atoms with Gasteiger partial charge in [0.15, 0.2) is 5.13 Å². The van der Waals surface area contributed by atoms with Crippen LogP contribution in [0.1, 0.15) is 31.2 Å². The number of aromatic nitrogens is 1. The lowest BCUT2D eigenvalue weighted by atomic mass is 10.1. The molecule has 1 aromatic heterocycles. The molecule has 1 amide bonds. The van der Waals surface area contributed by atoms with Crippen molar-refractivity contribution in [3.8, 4) is 11.3 Å². The molecule has 0 bridgehead atoms. The Hall–Kier alpha value is -2.26. The minimum atomic E-state index is -3.48. The van der Waals surface area contributed by atoms with Gasteiger partial charge in [0.2, 0.25) is 15.9 Å². The van der Waals surface area contributed by atoms with E-state index in [1.165, 1.54) is 11.3 Å². The van der Waals surface area contributed by atoms with Crippen LogP contribution in [0.2, 0.25) is 5.02 Å². The molecule has 1 N–H and O–H groups in total. The lowest BCUT2D eigenvalue weighted by Crippen LogP contribution is -2.31. The molecule has 4 rings (SSSR count). The number of benzene rings is 2. The van der Waals surface area contributed by atoms with E-state index < -0.39 is 10.0 Å². The molecule has 0 saturated carbocycles. The van der Waals surface area contributed by atoms with E-state index in [2.05, 4.69) is 10.3 Å². The van der Waals surface area contributed by atoms with Gasteiger partial charge in [-0.2, -0.15) is 4.31 Å². The van der Waals surface area contributed by atoms with Crippen molar-refractivity contribution in [3.63, 3.8) is 0 Å². The van der Waals surface area contributed by atoms with Gasteiger partial charge in [-0.3, -0.25) is 4.79 Å². The average molecular weight is 490 g/mol. The summed E-state index contributed by atoms with van der Waals surface area (Å²) in [5.41, 5.74) is 2.36. The number of nitrogens with zero attached hydrogens (tertiary/aromatic N) is 2. The second kappa shape index (κ2) is 10.1. The topological polar surface area (TPSA) is 79.4 Å². The molecule has 1 aliphatic rings. The van der Waals surface area contributed by atoms with Crippen LogP contribution in [0.25, 0.3) is 11.3 Å². The van der Waals surface area contributed by atoms with Crippen LogP contribution in [0.4, 0.5) is 5.13 Å². The van der Waals surface area contributed by atoms with Gasteiger partial charge in [0, 0.05) is 29.1 Å². The maximum Gasteiger partial charge on any atom is 0.243 e. The van der Waals surface area contributed by atoms with Crippen LogP contribution in [0.15, 0.2) is 58.8 Å². The molecule has 168 valence electrons. The van der Waals surface area contributed by atoms with Crippen molar-refractivity contribution in [1.82, 2.24) is 9.29 Å². The SMILES string of the molecule is O=C(Cc1ccc(Cl)cc1)Nc1nc(-c2ccc(S(=O)(=O)N3CCCCCC3)cc2)cs1. The fraction of sp³-hybridized carbons (Fsp3) is 0.304. The third-order valence-corrected chi connectivity index (χ3v) is 8.30. The summed E-state index contributed by atoms with van der Waals surface area (Å²) in [4.78, 5) is 17.1. The molecule has 0 unspecified atom stereocenters. The predicted molar refractivity (Wildman–Crippen MR) is 129 cm³/mol. The quantitative estimate of drug-likeness (QED) is 0.515. The van der Waals surface area contributed by atoms with Crippen molar-refractivity contribution in [2.45, 2.75) is 37.0 Å². The maximum absolute atomic E-state index is 12.9. The monoisotopic (exact) mass is 489 g/mol. The van der Waals surface area contributed by atoms with Crippen molar-refractivity contribution in [3.05, 3.63) is 64.5 Å². The van der Waals surface area contributed by atoms with Gasteiger partial charge in [-0.25, -0.2) is 13.4 Å². The van der Waals surface area contributed by atoms with E-state index in [1.807, 2.05) is 17.5 Å². The van der Waals surface area contributed by atoms with E-state index in [0.29, 0.717) is 33.8 Å². The third kappa shape index (κ3) is 5.56. The smallest absolute Gasteiger partial charge is 0.243 e. The van der Waals surface area contributed by atoms with Gasteiger partial charge in [-0.05, 0) is 42.7 Å². The minimum absolute atomic E-state index is 0.160. The fourth-order valence-corrected chi connectivity index (χ4v) is 6.02. The highest BCUT2D eigenvalue weighted by atomic mass is 35.5. The molecule has 0 spiro atoms. The summed E-state index contributed by atoms with van der Waals surface area (Å²) >= 11 is 7.20. The van der Waals surface area contributed by atoms with E-state index in [0.717, 1.165) is 36.8 Å². The predicted octanol–water partition coefficient (Wildman–Crippen LogP) is 5.21. The third-order valence-electron chi connectivity index (χ3n) is 5.38. The second-order valence-corrected chi connectivity index (χ2v) is 11.0. The number of thiazole rings is 1. The summed E-state index contributed by atoms with van der Waals surface area (Å²) in [6.07, 6.45) is 4.20. The molecule has 9 heteroatoms. The summed E-state index contributed by atoms with van der Waals surface area (Å²) in [5, 5.41) is 5.79. The average Bonchev–Trinajstić information content (AvgIpc) is 3.06. The molecule has 6 nitrogen and oxygen atoms in total. The molecule has 1 fully saturated rings. The van der Waals surface area contributed by atoms with Crippen LogP contribution < -0.4 is 5.32 Å². The summed E-state index contributed by atoms with van der Waals surface area (Å²) < 4.78 is 27.5. The molecular formula is C23H24ClN3O3S2. The second-order valence-electron chi connectivity index (χ2n) is 7.73. The zero-order chi connectivity index (χ0) is 22.6. The molecule has 0 atom stereocenters. The van der Waals surface area contributed by atoms with Crippen LogP contribution >= 0.6 is 22.9 Å². The summed E-state index contributed by atoms with van der Waals surface area (Å²) in [6.45, 7) is 1.16. The van der Waals surface area contributed by atoms with Crippen LogP contribution in [0.3, 0.4) is 0 Å². The van der Waals surface area contributed by atoms with E-state index >= 15 is 0 Å². The Morgan fingerprint density at radius 3 is 2.31 bits per heavy atom. The zero-order valence-electron chi connectivity index (χ0n) is 17.5. The number of rotatable bonds is 6. The van der Waals surface area contributed by atoms with Crippen molar-refractivity contribution < 1.29 is 13.2 Å². The minimum Gasteiger partial charge on any atom is -0.302 e. The van der Waals surface area contributed by atoms with Crippen LogP contribution in [-0.4, -0.2) is 36.7 Å². The highest BCUT2D eigenvalue weighted by Crippen LogP contribution is 2.27. The standard InChI is InChI=1S/C23H24ClN3O3S2/c24-19-9-5-17(6-10-19)15-22(28)26-23-25-21(16-31-23)18-7-11-20(12-8-18)32(29,30)27-13-3-1-2-4-14-27/h5-12,16H,1-4,13-15H2,(H,25,26,28). The van der Waals surface area contributed by atoms with E-state index in [-0.39, 0.29) is 12.3 Å². The van der Waals surface area contributed by atoms with E-state index in [9.17, 15) is 13.2 Å². The number of carbonyl (C=O) groups is 1. The van der Waals surface area contributed by atoms with Crippen molar-refractivity contribution >= 4 is 44.0 Å². The Morgan fingerprint density at radius 2 is 1.66 bits per heavy atom. The number of hydrogen-bond acceptors (Lipinski definition) is 5. The van der Waals surface area contributed by atoms with Gasteiger partial charge < -0.3 is 5.32 Å². The van der Waals surface area contributed by atoms with Crippen LogP contribution in [-0.2, 0) is 21.2 Å². The van der Waals surface area contributed by atoms with Crippen LogP contribution in [0, 0.1) is 0 Å². The van der Waals surface area contributed by atoms with E-state index in [4.69, 9.17) is 11.6 Å². The molecule has 0 radical (unpaired) electrons. The number of hydrogen-bond donors (Lipinski definition) is 1. The summed E-state index contributed by atoms with van der Waals surface area (Å²) in [5.74, 6) is -0.160. The Labute approximate surface area is 197 Å². The molecule has 0 aliphatic carbocycles. The first-order chi connectivity index (χ1) is 15.4. The molecule has 32 heavy (non-hydrogen) atoms. The molecule has 2 heterocycles. The Bertz CT molecular complexity index is 1170. The fourth-order valence-electron chi connectivity index (χ4n) is 3.64. The number of nitrogens with one attached hydrogen (secondary N) is 1. The molecular weight excluding hydrogens is 466 g/mol. The van der Waals surface area contributed by atoms with Gasteiger partial charge in [0.05, 0.1) is 17.0 Å². The molecule has 1 saturated heterocycles. The summed E-state index contributed by atoms with van der Waals surface area (Å²) in [7, 11) is -3.48. The first-order valence-corrected chi connectivity index (χ1v) is 13.2. The lowest BCUT2D eigenvalue weighted by Gasteiger charge is -2.19. The largest absolute Gasteiger partial charge is 0.302 e. The van der Waals surface area contributed by atoms with Gasteiger partial charge in [-0.1, -0.05) is 48.7 Å². The van der Waals surface area contributed by atoms with Crippen molar-refractivity contribution in [2.75, 3.05) is 18.4 Å². The summed E-state index contributed by atoms with van der Waals surface area (Å²) in [6, 6.07) is 13.9. The Kier molecular flexibility index (Phi) is 7.25. The Balaban J connectivity index is 1.41. The maximum atomic E-state index is 12.9. The van der Waals surface area contributed by atoms with Crippen molar-refractivity contribution in [1.29, 1.82) is 0 Å².